The minimum absolute atomic E-state index is 0. The molecule has 0 rings (SSSR count). The van der Waals surface area contributed by atoms with E-state index in [9.17, 15) is 0 Å². The molecule has 43 valence electrons. The number of aliphatic hydroxyl groups excluding tert-OH is 2. The second-order valence-electron chi connectivity index (χ2n) is 0.632. The fourth-order valence-corrected chi connectivity index (χ4v) is 0. The van der Waals surface area contributed by atoms with Crippen LogP contribution < -0.4 is 0 Å². The third kappa shape index (κ3) is 150. The monoisotopic (exact) mass is 231 g/mol. The molecule has 0 atom stereocenters. The van der Waals surface area contributed by atoms with Gasteiger partial charge in [-0.3, -0.25) is 0 Å². The van der Waals surface area contributed by atoms with E-state index in [1.54, 1.807) is 13.8 Å². The average Bonchev–Trinajstić information content (AvgIpc) is 1.39. The van der Waals surface area contributed by atoms with Crippen LogP contribution in [0, 0.1) is 35.6 Å². The Morgan fingerprint density at radius 3 is 1.00 bits per heavy atom. The van der Waals surface area contributed by atoms with E-state index < -0.39 is 0 Å². The molecule has 7 heavy (non-hydrogen) atoms. The van der Waals surface area contributed by atoms with Gasteiger partial charge in [0.05, 0.1) is 0 Å². The molecule has 0 aromatic heterocycles. The van der Waals surface area contributed by atoms with Crippen molar-refractivity contribution in [3.8, 4) is 0 Å². The summed E-state index contributed by atoms with van der Waals surface area (Å²) in [5.41, 5.74) is 0. The summed E-state index contributed by atoms with van der Waals surface area (Å²) in [6, 6.07) is 0. The number of rotatable bonds is 0. The molecular weight excluding hydrogens is 219 g/mol. The molecule has 0 fully saturated rings. The molecule has 0 saturated heterocycles. The summed E-state index contributed by atoms with van der Waals surface area (Å²) in [5, 5.41) is 15.1. The van der Waals surface area contributed by atoms with Crippen LogP contribution in [0.2, 0.25) is 0 Å². The normalized spacial score (nSPS) is 5.14. The zero-order valence-corrected chi connectivity index (χ0v) is 8.51. The summed E-state index contributed by atoms with van der Waals surface area (Å²) in [6.45, 7) is 3.86. The SMILES string of the molecule is CCO.CCO.[La]. The van der Waals surface area contributed by atoms with Crippen LogP contribution in [-0.2, 0) is 0 Å². The van der Waals surface area contributed by atoms with Crippen molar-refractivity contribution in [3.05, 3.63) is 0 Å². The molecule has 0 aromatic rings. The van der Waals surface area contributed by atoms with Crippen molar-refractivity contribution < 1.29 is 45.8 Å². The Morgan fingerprint density at radius 1 is 1.00 bits per heavy atom. The summed E-state index contributed by atoms with van der Waals surface area (Å²) < 4.78 is 0. The van der Waals surface area contributed by atoms with Gasteiger partial charge in [-0.1, -0.05) is 0 Å². The van der Waals surface area contributed by atoms with Crippen LogP contribution in [0.15, 0.2) is 0 Å². The molecule has 2 nitrogen and oxygen atoms in total. The van der Waals surface area contributed by atoms with E-state index in [4.69, 9.17) is 10.2 Å². The summed E-state index contributed by atoms with van der Waals surface area (Å²) in [7, 11) is 0. The largest absolute Gasteiger partial charge is 0.397 e. The van der Waals surface area contributed by atoms with Gasteiger partial charge in [-0.05, 0) is 13.8 Å². The maximum absolute atomic E-state index is 7.57. The van der Waals surface area contributed by atoms with Gasteiger partial charge in [0, 0.05) is 48.8 Å². The van der Waals surface area contributed by atoms with E-state index in [-0.39, 0.29) is 48.8 Å². The van der Waals surface area contributed by atoms with Crippen molar-refractivity contribution in [3.63, 3.8) is 0 Å². The molecule has 0 unspecified atom stereocenters. The van der Waals surface area contributed by atoms with Crippen LogP contribution in [0.3, 0.4) is 0 Å². The molecule has 0 amide bonds. The molecule has 2 N–H and O–H groups in total. The van der Waals surface area contributed by atoms with Gasteiger partial charge in [0.25, 0.3) is 0 Å². The fourth-order valence-electron chi connectivity index (χ4n) is 0. The van der Waals surface area contributed by atoms with Gasteiger partial charge in [0.15, 0.2) is 0 Å². The predicted molar refractivity (Wildman–Crippen MR) is 25.5 cm³/mol. The Balaban J connectivity index is -0.0000000400. The van der Waals surface area contributed by atoms with Gasteiger partial charge in [0.1, 0.15) is 0 Å². The summed E-state index contributed by atoms with van der Waals surface area (Å²) in [6.07, 6.45) is 0. The molecular formula is C4H12LaO2. The molecule has 0 aliphatic heterocycles. The molecule has 0 spiro atoms. The Morgan fingerprint density at radius 2 is 1.00 bits per heavy atom. The third-order valence-corrected chi connectivity index (χ3v) is 0. The van der Waals surface area contributed by atoms with Crippen LogP contribution in [0.25, 0.3) is 0 Å². The van der Waals surface area contributed by atoms with Crippen molar-refractivity contribution >= 4 is 0 Å². The quantitative estimate of drug-likeness (QED) is 0.615. The van der Waals surface area contributed by atoms with Crippen LogP contribution >= 0.6 is 0 Å². The van der Waals surface area contributed by atoms with E-state index in [2.05, 4.69) is 0 Å². The Labute approximate surface area is 72.5 Å². The average molecular weight is 231 g/mol. The van der Waals surface area contributed by atoms with Crippen molar-refractivity contribution in [2.75, 3.05) is 13.2 Å². The fraction of sp³-hybridized carbons (Fsp3) is 1.00. The first-order valence-corrected chi connectivity index (χ1v) is 2.05. The number of hydrogen-bond acceptors (Lipinski definition) is 2. The molecule has 0 heterocycles. The van der Waals surface area contributed by atoms with E-state index in [1.165, 1.54) is 0 Å². The third-order valence-electron chi connectivity index (χ3n) is 0. The second-order valence-corrected chi connectivity index (χ2v) is 0.632. The summed E-state index contributed by atoms with van der Waals surface area (Å²) >= 11 is 0. The standard InChI is InChI=1S/2C2H6O.La/c2*1-2-3;/h2*3H,2H2,1H3;. The van der Waals surface area contributed by atoms with E-state index in [0.29, 0.717) is 0 Å². The number of hydrogen-bond donors (Lipinski definition) is 2. The van der Waals surface area contributed by atoms with Gasteiger partial charge in [-0.25, -0.2) is 0 Å². The van der Waals surface area contributed by atoms with Gasteiger partial charge < -0.3 is 10.2 Å². The first-order valence-electron chi connectivity index (χ1n) is 2.05. The topological polar surface area (TPSA) is 40.5 Å². The van der Waals surface area contributed by atoms with Gasteiger partial charge in [-0.15, -0.1) is 0 Å². The molecule has 0 bridgehead atoms. The van der Waals surface area contributed by atoms with Crippen molar-refractivity contribution in [1.82, 2.24) is 0 Å². The van der Waals surface area contributed by atoms with Crippen molar-refractivity contribution in [2.24, 2.45) is 0 Å². The Kier molecular flexibility index (Phi) is 61.5. The molecule has 3 heteroatoms. The van der Waals surface area contributed by atoms with E-state index in [1.807, 2.05) is 0 Å². The van der Waals surface area contributed by atoms with Crippen LogP contribution in [0.5, 0.6) is 0 Å². The zero-order valence-electron chi connectivity index (χ0n) is 4.89. The van der Waals surface area contributed by atoms with Crippen LogP contribution in [0.1, 0.15) is 13.8 Å². The van der Waals surface area contributed by atoms with Crippen LogP contribution in [0.4, 0.5) is 0 Å². The predicted octanol–water partition coefficient (Wildman–Crippen LogP) is -0.00280. The second kappa shape index (κ2) is 27.4. The maximum atomic E-state index is 7.57. The first kappa shape index (κ1) is 15.7. The van der Waals surface area contributed by atoms with Gasteiger partial charge in [0.2, 0.25) is 0 Å². The molecule has 0 aromatic carbocycles. The molecule has 0 saturated carbocycles. The minimum atomic E-state index is 0. The Hall–Kier alpha value is 1.11. The maximum Gasteiger partial charge on any atom is 0.0402 e. The van der Waals surface area contributed by atoms with Crippen molar-refractivity contribution in [2.45, 2.75) is 13.8 Å². The van der Waals surface area contributed by atoms with Gasteiger partial charge in [-0.2, -0.15) is 0 Å². The number of aliphatic hydroxyl groups is 2. The van der Waals surface area contributed by atoms with E-state index >= 15 is 0 Å². The first-order chi connectivity index (χ1) is 2.83. The summed E-state index contributed by atoms with van der Waals surface area (Å²) in [4.78, 5) is 0. The van der Waals surface area contributed by atoms with Crippen LogP contribution in [-0.4, -0.2) is 23.4 Å². The van der Waals surface area contributed by atoms with Gasteiger partial charge >= 0.3 is 0 Å². The minimum Gasteiger partial charge on any atom is -0.397 e. The summed E-state index contributed by atoms with van der Waals surface area (Å²) in [5.74, 6) is 0. The zero-order chi connectivity index (χ0) is 5.41. The Bertz CT molecular complexity index is 11.7. The molecule has 0 aliphatic carbocycles. The molecule has 0 aliphatic rings. The molecule has 1 radical (unpaired) electrons. The van der Waals surface area contributed by atoms with Crippen molar-refractivity contribution in [1.29, 1.82) is 0 Å². The smallest absolute Gasteiger partial charge is 0.0402 e. The van der Waals surface area contributed by atoms with E-state index in [0.717, 1.165) is 0 Å².